The van der Waals surface area contributed by atoms with Crippen LogP contribution in [0.4, 0.5) is 0 Å². The second kappa shape index (κ2) is 68.7. The number of nitrogens with zero attached hydrogens (tertiary/aromatic N) is 8. The Labute approximate surface area is 720 Å². The molecule has 0 saturated heterocycles. The Bertz CT molecular complexity index is 2290. The van der Waals surface area contributed by atoms with Crippen LogP contribution in [0.15, 0.2) is 146 Å². The number of aromatic nitrogens is 8. The SMILES string of the molecule is CO.CO.CO.CO.[I-].[I-].[I-].[I-].[I-].[I-].[I-].[I-].[Ni+2].[Ni+2].[Ni+2].[Ni+2].c1cc2nc(c1)CNCc1cccc(n1)CNC2.c1cc2nc(c1)CNCc1cccc(n1)CNC2.c1cc2nc(c1)CNCc1cccc(n1)CNC2.c1cc2nc(c1)CNCc1cccc(n1)CNC2. The molecule has 0 radical (unpaired) electrons. The molecule has 0 aliphatic carbocycles. The Kier molecular flexibility index (Phi) is 81.0. The molecular weight excluding hydrogens is 2260 g/mol. The van der Waals surface area contributed by atoms with Crippen molar-refractivity contribution in [3.8, 4) is 0 Å². The third kappa shape index (κ3) is 43.9. The van der Waals surface area contributed by atoms with E-state index in [4.69, 9.17) is 20.4 Å². The van der Waals surface area contributed by atoms with Crippen LogP contribution in [0.2, 0.25) is 0 Å². The fourth-order valence-electron chi connectivity index (χ4n) is 8.36. The van der Waals surface area contributed by atoms with Crippen LogP contribution < -0.4 is 234 Å². The number of nitrogens with one attached hydrogen (secondary N) is 8. The van der Waals surface area contributed by atoms with Gasteiger partial charge in [-0.2, -0.15) is 0 Å². The van der Waals surface area contributed by atoms with Crippen LogP contribution >= 0.6 is 0 Å². The summed E-state index contributed by atoms with van der Waals surface area (Å²) in [5.74, 6) is 0. The number of hydrogen-bond donors (Lipinski definition) is 12. The summed E-state index contributed by atoms with van der Waals surface area (Å²) < 4.78 is 0. The first-order chi connectivity index (χ1) is 39.6. The maximum atomic E-state index is 7.00. The van der Waals surface area contributed by atoms with Gasteiger partial charge in [-0.1, -0.05) is 48.5 Å². The smallest absolute Gasteiger partial charge is 1.00 e. The zero-order chi connectivity index (χ0) is 56.8. The minimum atomic E-state index is 0. The Hall–Kier alpha value is 0.534. The van der Waals surface area contributed by atoms with Crippen LogP contribution in [-0.2, 0) is 171 Å². The van der Waals surface area contributed by atoms with Gasteiger partial charge in [0.1, 0.15) is 0 Å². The average Bonchev–Trinajstić information content (AvgIpc) is 3.50. The van der Waals surface area contributed by atoms with Crippen molar-refractivity contribution >= 4 is 0 Å². The van der Waals surface area contributed by atoms with Gasteiger partial charge in [0.05, 0.1) is 91.1 Å². The van der Waals surface area contributed by atoms with E-state index in [0.29, 0.717) is 0 Å². The molecule has 0 aromatic carbocycles. The molecule has 0 saturated carbocycles. The summed E-state index contributed by atoms with van der Waals surface area (Å²) in [5, 5.41) is 55.0. The van der Waals surface area contributed by atoms with Crippen LogP contribution in [0.25, 0.3) is 0 Å². The molecule has 520 valence electrons. The van der Waals surface area contributed by atoms with Crippen molar-refractivity contribution in [2.75, 3.05) is 28.4 Å². The van der Waals surface area contributed by atoms with Gasteiger partial charge >= 0.3 is 66.0 Å². The Morgan fingerprint density at radius 3 is 0.304 bits per heavy atom. The molecule has 32 heteroatoms. The number of rotatable bonds is 0. The second-order valence-electron chi connectivity index (χ2n) is 17.8. The number of pyridine rings is 8. The zero-order valence-corrected chi connectivity index (χ0v) is 72.0. The van der Waals surface area contributed by atoms with E-state index in [2.05, 4.69) is 131 Å². The predicted molar refractivity (Wildman–Crippen MR) is 311 cm³/mol. The first-order valence-electron chi connectivity index (χ1n) is 26.6. The first-order valence-corrected chi connectivity index (χ1v) is 26.6. The summed E-state index contributed by atoms with van der Waals surface area (Å²) in [4.78, 5) is 36.8. The second-order valence-corrected chi connectivity index (χ2v) is 17.8. The van der Waals surface area contributed by atoms with Gasteiger partial charge in [-0.25, -0.2) is 0 Å². The van der Waals surface area contributed by atoms with Crippen LogP contribution in [0.3, 0.4) is 0 Å². The molecule has 0 unspecified atom stereocenters. The summed E-state index contributed by atoms with van der Waals surface area (Å²) >= 11 is 0. The third-order valence-corrected chi connectivity index (χ3v) is 11.8. The summed E-state index contributed by atoms with van der Waals surface area (Å²) in [7, 11) is 4.00. The van der Waals surface area contributed by atoms with Gasteiger partial charge < -0.3 is 255 Å². The molecule has 4 aliphatic heterocycles. The van der Waals surface area contributed by atoms with Crippen LogP contribution in [0.1, 0.15) is 91.1 Å². The topological polar surface area (TPSA) is 280 Å². The van der Waals surface area contributed by atoms with Crippen molar-refractivity contribution in [2.24, 2.45) is 0 Å². The van der Waals surface area contributed by atoms with E-state index in [1.807, 2.05) is 97.1 Å². The van der Waals surface area contributed by atoms with Gasteiger partial charge in [0.15, 0.2) is 0 Å². The summed E-state index contributed by atoms with van der Waals surface area (Å²) in [6.07, 6.45) is 0. The van der Waals surface area contributed by atoms with Crippen molar-refractivity contribution in [1.29, 1.82) is 0 Å². The van der Waals surface area contributed by atoms with Gasteiger partial charge in [0.25, 0.3) is 0 Å². The van der Waals surface area contributed by atoms with E-state index in [9.17, 15) is 0 Å². The molecule has 8 aromatic rings. The minimum Gasteiger partial charge on any atom is -1.00 e. The zero-order valence-electron chi connectivity index (χ0n) is 50.8. The van der Waals surface area contributed by atoms with Crippen molar-refractivity contribution in [3.05, 3.63) is 237 Å². The normalized spacial score (nSPS) is 12.4. The van der Waals surface area contributed by atoms with Crippen molar-refractivity contribution < 1.29 is 278 Å². The number of halogens is 8. The van der Waals surface area contributed by atoms with Gasteiger partial charge in [-0.3, -0.25) is 39.9 Å². The first kappa shape index (κ1) is 108. The molecule has 0 fully saturated rings. The fraction of sp³-hybridized carbons (Fsp3) is 0.333. The molecule has 92 heavy (non-hydrogen) atoms. The molecule has 8 aromatic heterocycles. The monoisotopic (exact) mass is 2340 g/mol. The molecule has 0 spiro atoms. The van der Waals surface area contributed by atoms with E-state index in [1.165, 1.54) is 0 Å². The maximum Gasteiger partial charge on any atom is 2.00 e. The van der Waals surface area contributed by atoms with Crippen LogP contribution in [0, 0.1) is 0 Å². The fourth-order valence-corrected chi connectivity index (χ4v) is 8.36. The van der Waals surface area contributed by atoms with Crippen LogP contribution in [0.5, 0.6) is 0 Å². The van der Waals surface area contributed by atoms with Gasteiger partial charge in [0, 0.05) is 133 Å². The molecule has 12 heterocycles. The van der Waals surface area contributed by atoms with Crippen molar-refractivity contribution in [3.63, 3.8) is 0 Å². The van der Waals surface area contributed by atoms with E-state index in [-0.39, 0.29) is 258 Å². The van der Waals surface area contributed by atoms with Gasteiger partial charge in [0.2, 0.25) is 0 Å². The maximum absolute atomic E-state index is 7.00. The molecular formula is C60H80I8N16Ni4O4. The van der Waals surface area contributed by atoms with E-state index in [0.717, 1.165) is 224 Å². The van der Waals surface area contributed by atoms with Gasteiger partial charge in [-0.15, -0.1) is 0 Å². The van der Waals surface area contributed by atoms with Gasteiger partial charge in [-0.05, 0) is 97.1 Å². The molecule has 0 amide bonds. The molecule has 20 nitrogen and oxygen atoms in total. The summed E-state index contributed by atoms with van der Waals surface area (Å²) in [6, 6.07) is 49.2. The van der Waals surface area contributed by atoms with Crippen LogP contribution in [-0.4, -0.2) is 88.7 Å². The van der Waals surface area contributed by atoms with E-state index >= 15 is 0 Å². The van der Waals surface area contributed by atoms with E-state index < -0.39 is 0 Å². The number of hydrogen-bond acceptors (Lipinski definition) is 20. The summed E-state index contributed by atoms with van der Waals surface area (Å²) in [6.45, 7) is 12.4. The molecule has 12 rings (SSSR count). The molecule has 0 atom stereocenters. The largest absolute Gasteiger partial charge is 2.00 e. The number of fused-ring (bicyclic) bond motifs is 16. The number of aliphatic hydroxyl groups excluding tert-OH is 4. The minimum absolute atomic E-state index is 0. The molecule has 12 N–H and O–H groups in total. The summed E-state index contributed by atoms with van der Waals surface area (Å²) in [5.41, 5.74) is 17.2. The Morgan fingerprint density at radius 1 is 0.174 bits per heavy atom. The predicted octanol–water partition coefficient (Wildman–Crippen LogP) is -20.1. The molecule has 16 bridgehead atoms. The Balaban J connectivity index is -0.000000158. The third-order valence-electron chi connectivity index (χ3n) is 11.8. The molecule has 4 aliphatic rings. The van der Waals surface area contributed by atoms with Crippen molar-refractivity contribution in [1.82, 2.24) is 82.4 Å². The quantitative estimate of drug-likeness (QED) is 0.0496. The number of aliphatic hydroxyl groups is 4. The van der Waals surface area contributed by atoms with Crippen molar-refractivity contribution in [2.45, 2.75) is 105 Å². The standard InChI is InChI=1S/4C14H16N4.4CH4O.8HI.4Ni/c4*1-3-11-7-15-9-13-5-2-6-14(18-13)10-16-8-12(4-1)17-11;4*1-2;;;;;;;;;;;;/h4*1-6,15-16H,7-10H2;4*2H,1H3;8*1H;;;;/q;;;;;;;;;;;;;;;;4*+2/p-8. The average molecular weight is 2340 g/mol. The Morgan fingerprint density at radius 2 is 0.239 bits per heavy atom. The van der Waals surface area contributed by atoms with E-state index in [1.54, 1.807) is 0 Å².